The van der Waals surface area contributed by atoms with Crippen molar-refractivity contribution < 1.29 is 9.53 Å². The molecular weight excluding hydrogens is 228 g/mol. The van der Waals surface area contributed by atoms with Crippen LogP contribution in [0.4, 0.5) is 5.69 Å². The molecule has 1 unspecified atom stereocenters. The molecule has 4 heteroatoms. The van der Waals surface area contributed by atoms with Crippen LogP contribution in [0.3, 0.4) is 0 Å². The Morgan fingerprint density at radius 1 is 1.33 bits per heavy atom. The summed E-state index contributed by atoms with van der Waals surface area (Å²) in [5, 5.41) is 2.80. The van der Waals surface area contributed by atoms with Gasteiger partial charge in [-0.15, -0.1) is 0 Å². The molecule has 0 spiro atoms. The Bertz CT molecular complexity index is 374. The van der Waals surface area contributed by atoms with Gasteiger partial charge in [0, 0.05) is 5.69 Å². The van der Waals surface area contributed by atoms with E-state index in [1.165, 1.54) is 0 Å². The highest BCUT2D eigenvalue weighted by Gasteiger charge is 2.14. The standard InChI is InChI=1S/C14H22N2O2/c1-4-18-12-7-5-11(6-8-12)16-14(17)13(15)9-10(2)3/h5-8,10,13H,4,9,15H2,1-3H3,(H,16,17). The van der Waals surface area contributed by atoms with Crippen LogP contribution in [0.25, 0.3) is 0 Å². The Morgan fingerprint density at radius 3 is 2.44 bits per heavy atom. The van der Waals surface area contributed by atoms with Crippen molar-refractivity contribution >= 4 is 11.6 Å². The van der Waals surface area contributed by atoms with E-state index < -0.39 is 6.04 Å². The van der Waals surface area contributed by atoms with Gasteiger partial charge in [-0.2, -0.15) is 0 Å². The number of hydrogen-bond acceptors (Lipinski definition) is 3. The molecule has 18 heavy (non-hydrogen) atoms. The molecule has 1 atom stereocenters. The van der Waals surface area contributed by atoms with Crippen LogP contribution < -0.4 is 15.8 Å². The highest BCUT2D eigenvalue weighted by molar-refractivity contribution is 5.94. The molecule has 1 amide bonds. The Hall–Kier alpha value is -1.55. The third kappa shape index (κ3) is 4.75. The molecule has 3 N–H and O–H groups in total. The second-order valence-corrected chi connectivity index (χ2v) is 4.68. The molecule has 0 bridgehead atoms. The maximum absolute atomic E-state index is 11.8. The van der Waals surface area contributed by atoms with Crippen LogP contribution in [0.2, 0.25) is 0 Å². The molecule has 0 aliphatic carbocycles. The largest absolute Gasteiger partial charge is 0.494 e. The van der Waals surface area contributed by atoms with Crippen molar-refractivity contribution in [1.82, 2.24) is 0 Å². The topological polar surface area (TPSA) is 64.3 Å². The van der Waals surface area contributed by atoms with E-state index in [0.29, 0.717) is 18.9 Å². The lowest BCUT2D eigenvalue weighted by Gasteiger charge is -2.14. The summed E-state index contributed by atoms with van der Waals surface area (Å²) in [6.45, 7) is 6.65. The maximum Gasteiger partial charge on any atom is 0.241 e. The van der Waals surface area contributed by atoms with Crippen LogP contribution in [0.5, 0.6) is 5.75 Å². The van der Waals surface area contributed by atoms with Gasteiger partial charge in [0.2, 0.25) is 5.91 Å². The summed E-state index contributed by atoms with van der Waals surface area (Å²) in [7, 11) is 0. The van der Waals surface area contributed by atoms with Gasteiger partial charge in [0.15, 0.2) is 0 Å². The molecule has 0 saturated carbocycles. The maximum atomic E-state index is 11.8. The van der Waals surface area contributed by atoms with Crippen LogP contribution in [-0.2, 0) is 4.79 Å². The Balaban J connectivity index is 2.53. The molecule has 0 aliphatic heterocycles. The lowest BCUT2D eigenvalue weighted by atomic mass is 10.0. The molecular formula is C14H22N2O2. The molecule has 1 rings (SSSR count). The number of amides is 1. The van der Waals surface area contributed by atoms with E-state index in [-0.39, 0.29) is 5.91 Å². The van der Waals surface area contributed by atoms with E-state index in [4.69, 9.17) is 10.5 Å². The number of nitrogens with two attached hydrogens (primary N) is 1. The number of benzene rings is 1. The third-order valence-corrected chi connectivity index (χ3v) is 2.49. The highest BCUT2D eigenvalue weighted by Crippen LogP contribution is 2.16. The number of hydrogen-bond donors (Lipinski definition) is 2. The van der Waals surface area contributed by atoms with Crippen LogP contribution >= 0.6 is 0 Å². The number of ether oxygens (including phenoxy) is 1. The van der Waals surface area contributed by atoms with E-state index in [2.05, 4.69) is 5.32 Å². The van der Waals surface area contributed by atoms with Gasteiger partial charge in [-0.3, -0.25) is 4.79 Å². The fraction of sp³-hybridized carbons (Fsp3) is 0.500. The van der Waals surface area contributed by atoms with Crippen molar-refractivity contribution in [1.29, 1.82) is 0 Å². The predicted octanol–water partition coefficient (Wildman–Crippen LogP) is 2.40. The van der Waals surface area contributed by atoms with E-state index in [1.54, 1.807) is 0 Å². The molecule has 0 aliphatic rings. The first-order valence-electron chi connectivity index (χ1n) is 6.32. The summed E-state index contributed by atoms with van der Waals surface area (Å²) in [5.41, 5.74) is 6.55. The minimum atomic E-state index is -0.462. The van der Waals surface area contributed by atoms with Crippen LogP contribution in [0.1, 0.15) is 27.2 Å². The first kappa shape index (κ1) is 14.5. The molecule has 100 valence electrons. The summed E-state index contributed by atoms with van der Waals surface area (Å²) < 4.78 is 5.33. The molecule has 1 aromatic carbocycles. The minimum Gasteiger partial charge on any atom is -0.494 e. The van der Waals surface area contributed by atoms with E-state index >= 15 is 0 Å². The Morgan fingerprint density at radius 2 is 1.94 bits per heavy atom. The summed E-state index contributed by atoms with van der Waals surface area (Å²) >= 11 is 0. The lowest BCUT2D eigenvalue weighted by molar-refractivity contribution is -0.117. The Kier molecular flexibility index (Phi) is 5.65. The van der Waals surface area contributed by atoms with Gasteiger partial charge >= 0.3 is 0 Å². The van der Waals surface area contributed by atoms with Crippen molar-refractivity contribution in [2.75, 3.05) is 11.9 Å². The van der Waals surface area contributed by atoms with Gasteiger partial charge < -0.3 is 15.8 Å². The fourth-order valence-electron chi connectivity index (χ4n) is 1.65. The number of nitrogens with one attached hydrogen (secondary N) is 1. The SMILES string of the molecule is CCOc1ccc(NC(=O)C(N)CC(C)C)cc1. The van der Waals surface area contributed by atoms with E-state index in [0.717, 1.165) is 11.4 Å². The number of carbonyl (C=O) groups is 1. The third-order valence-electron chi connectivity index (χ3n) is 2.49. The average molecular weight is 250 g/mol. The summed E-state index contributed by atoms with van der Waals surface area (Å²) in [6.07, 6.45) is 0.683. The normalized spacial score (nSPS) is 12.3. The fourth-order valence-corrected chi connectivity index (χ4v) is 1.65. The van der Waals surface area contributed by atoms with E-state index in [1.807, 2.05) is 45.0 Å². The molecule has 1 aromatic rings. The van der Waals surface area contributed by atoms with Crippen LogP contribution in [0, 0.1) is 5.92 Å². The zero-order chi connectivity index (χ0) is 13.5. The first-order chi connectivity index (χ1) is 8.52. The van der Waals surface area contributed by atoms with Gasteiger partial charge in [0.25, 0.3) is 0 Å². The van der Waals surface area contributed by atoms with E-state index in [9.17, 15) is 4.79 Å². The van der Waals surface area contributed by atoms with Crippen molar-refractivity contribution in [3.8, 4) is 5.75 Å². The minimum absolute atomic E-state index is 0.146. The van der Waals surface area contributed by atoms with Gasteiger partial charge in [0.1, 0.15) is 5.75 Å². The number of anilines is 1. The summed E-state index contributed by atoms with van der Waals surface area (Å²) in [6, 6.07) is 6.81. The smallest absolute Gasteiger partial charge is 0.241 e. The molecule has 0 heterocycles. The van der Waals surface area contributed by atoms with Crippen LogP contribution in [-0.4, -0.2) is 18.6 Å². The molecule has 0 radical (unpaired) electrons. The lowest BCUT2D eigenvalue weighted by Crippen LogP contribution is -2.36. The van der Waals surface area contributed by atoms with Crippen molar-refractivity contribution in [2.24, 2.45) is 11.7 Å². The summed E-state index contributed by atoms with van der Waals surface area (Å²) in [4.78, 5) is 11.8. The highest BCUT2D eigenvalue weighted by atomic mass is 16.5. The van der Waals surface area contributed by atoms with Gasteiger partial charge in [-0.1, -0.05) is 13.8 Å². The Labute approximate surface area is 109 Å². The van der Waals surface area contributed by atoms with Gasteiger partial charge in [0.05, 0.1) is 12.6 Å². The second-order valence-electron chi connectivity index (χ2n) is 4.68. The molecule has 0 aromatic heterocycles. The quantitative estimate of drug-likeness (QED) is 0.814. The zero-order valence-corrected chi connectivity index (χ0v) is 11.3. The second kappa shape index (κ2) is 7.01. The molecule has 0 fully saturated rings. The number of carbonyl (C=O) groups excluding carboxylic acids is 1. The molecule has 4 nitrogen and oxygen atoms in total. The molecule has 0 saturated heterocycles. The predicted molar refractivity (Wildman–Crippen MR) is 73.7 cm³/mol. The van der Waals surface area contributed by atoms with Crippen LogP contribution in [0.15, 0.2) is 24.3 Å². The monoisotopic (exact) mass is 250 g/mol. The zero-order valence-electron chi connectivity index (χ0n) is 11.3. The van der Waals surface area contributed by atoms with Crippen molar-refractivity contribution in [2.45, 2.75) is 33.2 Å². The van der Waals surface area contributed by atoms with Gasteiger partial charge in [-0.05, 0) is 43.5 Å². The van der Waals surface area contributed by atoms with Gasteiger partial charge in [-0.25, -0.2) is 0 Å². The average Bonchev–Trinajstić information content (AvgIpc) is 2.31. The summed E-state index contributed by atoms with van der Waals surface area (Å²) in [5.74, 6) is 1.06. The first-order valence-corrected chi connectivity index (χ1v) is 6.32. The number of rotatable bonds is 6. The van der Waals surface area contributed by atoms with Crippen molar-refractivity contribution in [3.05, 3.63) is 24.3 Å². The van der Waals surface area contributed by atoms with Crippen molar-refractivity contribution in [3.63, 3.8) is 0 Å².